The van der Waals surface area contributed by atoms with Crippen LogP contribution in [0.4, 0.5) is 11.5 Å². The van der Waals surface area contributed by atoms with Crippen molar-refractivity contribution in [3.8, 4) is 0 Å². The smallest absolute Gasteiger partial charge is 0.242 e. The van der Waals surface area contributed by atoms with Crippen molar-refractivity contribution >= 4 is 17.4 Å². The largest absolute Gasteiger partial charge is 0.368 e. The quantitative estimate of drug-likeness (QED) is 0.867. The number of benzene rings is 1. The summed E-state index contributed by atoms with van der Waals surface area (Å²) in [7, 11) is 0. The zero-order chi connectivity index (χ0) is 17.6. The molecule has 25 heavy (non-hydrogen) atoms. The molecule has 0 saturated carbocycles. The van der Waals surface area contributed by atoms with Crippen LogP contribution in [0, 0.1) is 0 Å². The Bertz CT molecular complexity index is 679. The predicted molar refractivity (Wildman–Crippen MR) is 100 cm³/mol. The van der Waals surface area contributed by atoms with Crippen molar-refractivity contribution in [1.29, 1.82) is 0 Å². The van der Waals surface area contributed by atoms with Gasteiger partial charge in [0.2, 0.25) is 5.91 Å². The van der Waals surface area contributed by atoms with E-state index in [0.717, 1.165) is 38.4 Å². The second-order valence-electron chi connectivity index (χ2n) is 6.43. The lowest BCUT2D eigenvalue weighted by Crippen LogP contribution is -2.46. The Balaban J connectivity index is 1.51. The summed E-state index contributed by atoms with van der Waals surface area (Å²) in [6, 6.07) is 13.8. The second kappa shape index (κ2) is 8.09. The molecule has 1 fully saturated rings. The number of nitrogens with zero attached hydrogens (tertiary/aromatic N) is 3. The van der Waals surface area contributed by atoms with E-state index >= 15 is 0 Å². The molecule has 1 aliphatic heterocycles. The molecular formula is C19H25N5O. The van der Waals surface area contributed by atoms with Crippen LogP contribution in [0.15, 0.2) is 48.7 Å². The van der Waals surface area contributed by atoms with Crippen LogP contribution < -0.4 is 16.0 Å². The second-order valence-corrected chi connectivity index (χ2v) is 6.43. The Morgan fingerprint density at radius 1 is 1.16 bits per heavy atom. The number of hydrogen-bond donors (Lipinski definition) is 2. The summed E-state index contributed by atoms with van der Waals surface area (Å²) in [6.07, 6.45) is 1.81. The summed E-state index contributed by atoms with van der Waals surface area (Å²) in [6.45, 7) is 6.64. The van der Waals surface area contributed by atoms with Crippen LogP contribution in [0.1, 0.15) is 12.5 Å². The lowest BCUT2D eigenvalue weighted by Gasteiger charge is -2.36. The standard InChI is InChI=1S/C19H25N5O/c1-15(20)19(25)22-18-8-7-17(13-21-18)24-11-9-23(10-12-24)14-16-5-3-2-4-6-16/h2-8,13,15H,9-12,14,20H2,1H3,(H,21,22,25). The molecule has 132 valence electrons. The number of amides is 1. The Hall–Kier alpha value is -2.44. The fourth-order valence-corrected chi connectivity index (χ4v) is 2.89. The van der Waals surface area contributed by atoms with E-state index in [2.05, 4.69) is 50.4 Å². The minimum absolute atomic E-state index is 0.227. The van der Waals surface area contributed by atoms with Crippen molar-refractivity contribution in [1.82, 2.24) is 9.88 Å². The monoisotopic (exact) mass is 339 g/mol. The molecule has 1 aliphatic rings. The van der Waals surface area contributed by atoms with Crippen LogP contribution in [-0.2, 0) is 11.3 Å². The van der Waals surface area contributed by atoms with E-state index in [1.165, 1.54) is 5.56 Å². The Labute approximate surface area is 148 Å². The lowest BCUT2D eigenvalue weighted by molar-refractivity contribution is -0.117. The van der Waals surface area contributed by atoms with E-state index in [1.54, 1.807) is 6.92 Å². The molecule has 6 nitrogen and oxygen atoms in total. The molecule has 6 heteroatoms. The van der Waals surface area contributed by atoms with Gasteiger partial charge in [0.25, 0.3) is 0 Å². The van der Waals surface area contributed by atoms with Gasteiger partial charge in [-0.25, -0.2) is 4.98 Å². The third kappa shape index (κ3) is 4.78. The number of piperazine rings is 1. The molecule has 0 aliphatic carbocycles. The highest BCUT2D eigenvalue weighted by Gasteiger charge is 2.17. The third-order valence-electron chi connectivity index (χ3n) is 4.40. The number of rotatable bonds is 5. The van der Waals surface area contributed by atoms with E-state index in [0.29, 0.717) is 5.82 Å². The third-order valence-corrected chi connectivity index (χ3v) is 4.40. The average Bonchev–Trinajstić information content (AvgIpc) is 2.64. The number of nitrogens with one attached hydrogen (secondary N) is 1. The first-order valence-electron chi connectivity index (χ1n) is 8.65. The Kier molecular flexibility index (Phi) is 5.63. The summed E-state index contributed by atoms with van der Waals surface area (Å²) >= 11 is 0. The summed E-state index contributed by atoms with van der Waals surface area (Å²) in [5.74, 6) is 0.309. The van der Waals surface area contributed by atoms with Gasteiger partial charge in [-0.3, -0.25) is 9.69 Å². The molecule has 2 heterocycles. The topological polar surface area (TPSA) is 74.5 Å². The van der Waals surface area contributed by atoms with Gasteiger partial charge in [0, 0.05) is 32.7 Å². The molecule has 0 radical (unpaired) electrons. The number of anilines is 2. The van der Waals surface area contributed by atoms with E-state index in [1.807, 2.05) is 18.3 Å². The fraction of sp³-hybridized carbons (Fsp3) is 0.368. The van der Waals surface area contributed by atoms with Gasteiger partial charge in [0.05, 0.1) is 17.9 Å². The van der Waals surface area contributed by atoms with Gasteiger partial charge >= 0.3 is 0 Å². The average molecular weight is 339 g/mol. The minimum Gasteiger partial charge on any atom is -0.368 e. The van der Waals surface area contributed by atoms with E-state index in [-0.39, 0.29) is 5.91 Å². The number of pyridine rings is 1. The maximum Gasteiger partial charge on any atom is 0.242 e. The van der Waals surface area contributed by atoms with E-state index in [4.69, 9.17) is 5.73 Å². The summed E-state index contributed by atoms with van der Waals surface area (Å²) in [5.41, 5.74) is 7.98. The van der Waals surface area contributed by atoms with Crippen molar-refractivity contribution in [2.75, 3.05) is 36.4 Å². The van der Waals surface area contributed by atoms with Crippen molar-refractivity contribution in [3.05, 3.63) is 54.2 Å². The number of carbonyl (C=O) groups excluding carboxylic acids is 1. The maximum atomic E-state index is 11.6. The van der Waals surface area contributed by atoms with Crippen molar-refractivity contribution < 1.29 is 4.79 Å². The van der Waals surface area contributed by atoms with Gasteiger partial charge in [0.1, 0.15) is 5.82 Å². The van der Waals surface area contributed by atoms with Gasteiger partial charge in [-0.2, -0.15) is 0 Å². The number of nitrogens with two attached hydrogens (primary N) is 1. The van der Waals surface area contributed by atoms with Crippen LogP contribution in [0.3, 0.4) is 0 Å². The summed E-state index contributed by atoms with van der Waals surface area (Å²) in [5, 5.41) is 2.70. The van der Waals surface area contributed by atoms with Crippen LogP contribution >= 0.6 is 0 Å². The molecule has 1 atom stereocenters. The zero-order valence-electron chi connectivity index (χ0n) is 14.6. The first kappa shape index (κ1) is 17.4. The number of carbonyl (C=O) groups is 1. The van der Waals surface area contributed by atoms with Gasteiger partial charge in [0.15, 0.2) is 0 Å². The highest BCUT2D eigenvalue weighted by Crippen LogP contribution is 2.18. The lowest BCUT2D eigenvalue weighted by atomic mass is 10.2. The summed E-state index contributed by atoms with van der Waals surface area (Å²) < 4.78 is 0. The zero-order valence-corrected chi connectivity index (χ0v) is 14.6. The molecule has 3 rings (SSSR count). The first-order valence-corrected chi connectivity index (χ1v) is 8.65. The van der Waals surface area contributed by atoms with Crippen LogP contribution in [0.2, 0.25) is 0 Å². The van der Waals surface area contributed by atoms with Crippen LogP contribution in [0.25, 0.3) is 0 Å². The van der Waals surface area contributed by atoms with Crippen molar-refractivity contribution in [2.24, 2.45) is 5.73 Å². The Morgan fingerprint density at radius 2 is 1.88 bits per heavy atom. The minimum atomic E-state index is -0.542. The number of aromatic nitrogens is 1. The van der Waals surface area contributed by atoms with Crippen LogP contribution in [-0.4, -0.2) is 48.0 Å². The number of hydrogen-bond acceptors (Lipinski definition) is 5. The van der Waals surface area contributed by atoms with Gasteiger partial charge in [-0.15, -0.1) is 0 Å². The normalized spacial score (nSPS) is 16.5. The van der Waals surface area contributed by atoms with Crippen LogP contribution in [0.5, 0.6) is 0 Å². The SMILES string of the molecule is CC(N)C(=O)Nc1ccc(N2CCN(Cc3ccccc3)CC2)cn1. The Morgan fingerprint density at radius 3 is 2.48 bits per heavy atom. The summed E-state index contributed by atoms with van der Waals surface area (Å²) in [4.78, 5) is 20.7. The molecule has 1 amide bonds. The van der Waals surface area contributed by atoms with Gasteiger partial charge in [-0.05, 0) is 24.6 Å². The molecule has 0 bridgehead atoms. The van der Waals surface area contributed by atoms with E-state index < -0.39 is 6.04 Å². The predicted octanol–water partition coefficient (Wildman–Crippen LogP) is 1.69. The fourth-order valence-electron chi connectivity index (χ4n) is 2.89. The first-order chi connectivity index (χ1) is 12.1. The van der Waals surface area contributed by atoms with Gasteiger partial charge < -0.3 is 16.0 Å². The molecule has 2 aromatic rings. The highest BCUT2D eigenvalue weighted by molar-refractivity contribution is 5.93. The molecule has 0 spiro atoms. The van der Waals surface area contributed by atoms with Crippen molar-refractivity contribution in [2.45, 2.75) is 19.5 Å². The molecule has 3 N–H and O–H groups in total. The molecular weight excluding hydrogens is 314 g/mol. The van der Waals surface area contributed by atoms with E-state index in [9.17, 15) is 4.79 Å². The molecule has 1 aromatic heterocycles. The molecule has 1 aromatic carbocycles. The van der Waals surface area contributed by atoms with Gasteiger partial charge in [-0.1, -0.05) is 30.3 Å². The molecule has 1 unspecified atom stereocenters. The van der Waals surface area contributed by atoms with Crippen molar-refractivity contribution in [3.63, 3.8) is 0 Å². The molecule has 1 saturated heterocycles. The highest BCUT2D eigenvalue weighted by atomic mass is 16.2. The maximum absolute atomic E-state index is 11.6.